The molecule has 0 radical (unpaired) electrons. The van der Waals surface area contributed by atoms with E-state index >= 15 is 0 Å². The predicted molar refractivity (Wildman–Crippen MR) is 79.3 cm³/mol. The summed E-state index contributed by atoms with van der Waals surface area (Å²) >= 11 is 0. The number of ketones is 1. The van der Waals surface area contributed by atoms with Crippen LogP contribution in [0.5, 0.6) is 28.7 Å². The average Bonchev–Trinajstić information content (AvgIpc) is 2.49. The van der Waals surface area contributed by atoms with Gasteiger partial charge in [-0.25, -0.2) is 0 Å². The number of para-hydroxylation sites is 1. The molecule has 0 saturated heterocycles. The number of carbonyl (C=O) groups excluding carboxylic acids is 1. The average molecular weight is 356 g/mol. The third-order valence-electron chi connectivity index (χ3n) is 3.17. The van der Waals surface area contributed by atoms with Gasteiger partial charge in [-0.2, -0.15) is 8.42 Å². The molecular formula is C14H12O9S. The highest BCUT2D eigenvalue weighted by molar-refractivity contribution is 7.86. The minimum atomic E-state index is -5.12. The number of hydrogen-bond donors (Lipinski definition) is 5. The molecule has 10 heteroatoms. The second kappa shape index (κ2) is 5.91. The van der Waals surface area contributed by atoms with Crippen molar-refractivity contribution in [1.82, 2.24) is 0 Å². The Morgan fingerprint density at radius 3 is 2.08 bits per heavy atom. The number of ether oxygens (including phenoxy) is 1. The third kappa shape index (κ3) is 2.68. The number of rotatable bonds is 4. The van der Waals surface area contributed by atoms with E-state index in [1.165, 1.54) is 12.1 Å². The maximum atomic E-state index is 12.4. The van der Waals surface area contributed by atoms with Crippen molar-refractivity contribution in [1.29, 1.82) is 0 Å². The number of hydrogen-bond acceptors (Lipinski definition) is 8. The Balaban J connectivity index is 2.89. The molecule has 0 heterocycles. The SMILES string of the molecule is COc1c(O)c(O)c(C(=O)c2ccccc2O)c(O)c1S(=O)(=O)O. The van der Waals surface area contributed by atoms with E-state index in [-0.39, 0.29) is 5.56 Å². The highest BCUT2D eigenvalue weighted by Crippen LogP contribution is 2.50. The number of methoxy groups -OCH3 is 1. The Hall–Kier alpha value is -2.98. The maximum absolute atomic E-state index is 12.4. The molecule has 128 valence electrons. The van der Waals surface area contributed by atoms with Crippen molar-refractivity contribution in [2.45, 2.75) is 4.90 Å². The van der Waals surface area contributed by atoms with E-state index in [2.05, 4.69) is 4.74 Å². The van der Waals surface area contributed by atoms with Crippen LogP contribution >= 0.6 is 0 Å². The quantitative estimate of drug-likeness (QED) is 0.233. The lowest BCUT2D eigenvalue weighted by Gasteiger charge is -2.15. The summed E-state index contributed by atoms with van der Waals surface area (Å²) in [5, 5.41) is 39.5. The number of benzene rings is 2. The first-order valence-electron chi connectivity index (χ1n) is 6.26. The fourth-order valence-electron chi connectivity index (χ4n) is 2.11. The lowest BCUT2D eigenvalue weighted by Crippen LogP contribution is -2.09. The topological polar surface area (TPSA) is 162 Å². The zero-order valence-electron chi connectivity index (χ0n) is 12.1. The minimum Gasteiger partial charge on any atom is -0.507 e. The zero-order chi connectivity index (χ0) is 18.2. The van der Waals surface area contributed by atoms with E-state index in [4.69, 9.17) is 0 Å². The van der Waals surface area contributed by atoms with Crippen LogP contribution in [0.1, 0.15) is 15.9 Å². The Bertz CT molecular complexity index is 932. The van der Waals surface area contributed by atoms with Crippen LogP contribution < -0.4 is 4.74 Å². The molecule has 2 aromatic rings. The maximum Gasteiger partial charge on any atom is 0.302 e. The van der Waals surface area contributed by atoms with Crippen molar-refractivity contribution in [3.05, 3.63) is 35.4 Å². The zero-order valence-corrected chi connectivity index (χ0v) is 12.9. The van der Waals surface area contributed by atoms with Crippen LogP contribution in [0, 0.1) is 0 Å². The van der Waals surface area contributed by atoms with Crippen molar-refractivity contribution in [2.24, 2.45) is 0 Å². The van der Waals surface area contributed by atoms with Crippen molar-refractivity contribution in [3.63, 3.8) is 0 Å². The summed E-state index contributed by atoms with van der Waals surface area (Å²) in [6.45, 7) is 0. The van der Waals surface area contributed by atoms with Crippen LogP contribution in [-0.4, -0.2) is 46.3 Å². The molecule has 24 heavy (non-hydrogen) atoms. The van der Waals surface area contributed by atoms with Crippen LogP contribution in [0.3, 0.4) is 0 Å². The fraction of sp³-hybridized carbons (Fsp3) is 0.0714. The first kappa shape index (κ1) is 17.4. The second-order valence-electron chi connectivity index (χ2n) is 4.60. The monoisotopic (exact) mass is 356 g/mol. The van der Waals surface area contributed by atoms with Crippen molar-refractivity contribution in [2.75, 3.05) is 7.11 Å². The molecule has 0 aliphatic rings. The van der Waals surface area contributed by atoms with Crippen LogP contribution in [0.4, 0.5) is 0 Å². The molecule has 0 spiro atoms. The van der Waals surface area contributed by atoms with Gasteiger partial charge in [-0.15, -0.1) is 0 Å². The first-order chi connectivity index (χ1) is 11.1. The molecule has 0 aromatic heterocycles. The molecule has 0 atom stereocenters. The van der Waals surface area contributed by atoms with E-state index in [9.17, 15) is 38.2 Å². The van der Waals surface area contributed by atoms with Gasteiger partial charge >= 0.3 is 10.1 Å². The highest BCUT2D eigenvalue weighted by atomic mass is 32.2. The summed E-state index contributed by atoms with van der Waals surface area (Å²) in [7, 11) is -4.21. The second-order valence-corrected chi connectivity index (χ2v) is 5.96. The number of phenolic OH excluding ortho intramolecular Hbond substituents is 4. The van der Waals surface area contributed by atoms with Gasteiger partial charge in [0.15, 0.2) is 22.1 Å². The Labute approximate surface area is 135 Å². The van der Waals surface area contributed by atoms with Crippen molar-refractivity contribution < 1.29 is 42.9 Å². The van der Waals surface area contributed by atoms with Gasteiger partial charge in [0.25, 0.3) is 0 Å². The molecule has 0 amide bonds. The third-order valence-corrected chi connectivity index (χ3v) is 4.07. The molecule has 5 N–H and O–H groups in total. The van der Waals surface area contributed by atoms with Gasteiger partial charge in [-0.05, 0) is 12.1 Å². The molecule has 0 aliphatic heterocycles. The van der Waals surface area contributed by atoms with E-state index in [1.54, 1.807) is 0 Å². The number of carbonyl (C=O) groups is 1. The molecule has 9 nitrogen and oxygen atoms in total. The van der Waals surface area contributed by atoms with Gasteiger partial charge in [-0.1, -0.05) is 12.1 Å². The Kier molecular flexibility index (Phi) is 4.28. The van der Waals surface area contributed by atoms with Gasteiger partial charge in [-0.3, -0.25) is 9.35 Å². The summed E-state index contributed by atoms with van der Waals surface area (Å²) in [4.78, 5) is 11.1. The van der Waals surface area contributed by atoms with Gasteiger partial charge in [0.2, 0.25) is 11.5 Å². The van der Waals surface area contributed by atoms with Gasteiger partial charge in [0.05, 0.1) is 12.7 Å². The molecule has 2 aromatic carbocycles. The Morgan fingerprint density at radius 2 is 1.58 bits per heavy atom. The Morgan fingerprint density at radius 1 is 1.00 bits per heavy atom. The van der Waals surface area contributed by atoms with Gasteiger partial charge in [0, 0.05) is 0 Å². The smallest absolute Gasteiger partial charge is 0.302 e. The fourth-order valence-corrected chi connectivity index (χ4v) is 2.87. The van der Waals surface area contributed by atoms with Crippen LogP contribution in [-0.2, 0) is 10.1 Å². The van der Waals surface area contributed by atoms with E-state index in [0.29, 0.717) is 0 Å². The summed E-state index contributed by atoms with van der Waals surface area (Å²) < 4.78 is 36.6. The molecule has 0 aliphatic carbocycles. The summed E-state index contributed by atoms with van der Waals surface area (Å²) in [6.07, 6.45) is 0. The summed E-state index contributed by atoms with van der Waals surface area (Å²) in [6, 6.07) is 5.06. The summed E-state index contributed by atoms with van der Waals surface area (Å²) in [5.41, 5.74) is -1.41. The number of aromatic hydroxyl groups is 4. The molecule has 0 fully saturated rings. The lowest BCUT2D eigenvalue weighted by atomic mass is 9.99. The largest absolute Gasteiger partial charge is 0.507 e. The van der Waals surface area contributed by atoms with E-state index in [0.717, 1.165) is 19.2 Å². The lowest BCUT2D eigenvalue weighted by molar-refractivity contribution is 0.103. The van der Waals surface area contributed by atoms with Crippen LogP contribution in [0.25, 0.3) is 0 Å². The van der Waals surface area contributed by atoms with E-state index < -0.39 is 55.1 Å². The van der Waals surface area contributed by atoms with Crippen molar-refractivity contribution >= 4 is 15.9 Å². The normalized spacial score (nSPS) is 11.2. The summed E-state index contributed by atoms with van der Waals surface area (Å²) in [5.74, 6) is -6.33. The molecule has 0 saturated carbocycles. The van der Waals surface area contributed by atoms with Gasteiger partial charge < -0.3 is 25.2 Å². The predicted octanol–water partition coefficient (Wildman–Crippen LogP) is 0.995. The van der Waals surface area contributed by atoms with Gasteiger partial charge in [0.1, 0.15) is 11.3 Å². The molecule has 2 rings (SSSR count). The molecule has 0 unspecified atom stereocenters. The highest BCUT2D eigenvalue weighted by Gasteiger charge is 2.35. The molecule has 0 bridgehead atoms. The van der Waals surface area contributed by atoms with Crippen LogP contribution in [0.15, 0.2) is 29.2 Å². The van der Waals surface area contributed by atoms with Crippen LogP contribution in [0.2, 0.25) is 0 Å². The molecular weight excluding hydrogens is 344 g/mol. The van der Waals surface area contributed by atoms with Crippen molar-refractivity contribution in [3.8, 4) is 28.7 Å². The standard InChI is InChI=1S/C14H12O9S/c1-23-13-12(19)10(17)8(11(18)14(13)24(20,21)22)9(16)6-4-2-3-5-7(6)15/h2-5,15,17-19H,1H3,(H,20,21,22). The number of phenols is 4. The van der Waals surface area contributed by atoms with E-state index in [1.807, 2.05) is 0 Å². The first-order valence-corrected chi connectivity index (χ1v) is 7.70. The minimum absolute atomic E-state index is 0.381.